The van der Waals surface area contributed by atoms with Gasteiger partial charge in [-0.3, -0.25) is 9.59 Å². The SMILES string of the molecule is CC(=O)C(O)(C(=O)O)C(O)(C(C)=O)C(=O)O.N. The van der Waals surface area contributed by atoms with Crippen LogP contribution >= 0.6 is 0 Å². The zero-order chi connectivity index (χ0) is 13.3. The number of carboxylic acids is 2. The number of Topliss-reactive ketones (excluding diaryl/α,β-unsaturated/α-hetero) is 2. The molecule has 0 radical (unpaired) electrons. The van der Waals surface area contributed by atoms with E-state index in [2.05, 4.69) is 0 Å². The number of carboxylic acid groups (broad SMARTS) is 2. The molecule has 7 N–H and O–H groups in total. The Bertz CT molecular complexity index is 310. The minimum absolute atomic E-state index is 0. The first-order valence-electron chi connectivity index (χ1n) is 3.96. The Kier molecular flexibility index (Phi) is 5.16. The summed E-state index contributed by atoms with van der Waals surface area (Å²) in [6.45, 7) is 1.09. The first-order valence-corrected chi connectivity index (χ1v) is 3.96. The van der Waals surface area contributed by atoms with E-state index in [1.54, 1.807) is 0 Å². The summed E-state index contributed by atoms with van der Waals surface area (Å²) in [5, 5.41) is 36.0. The lowest BCUT2D eigenvalue weighted by Gasteiger charge is -2.32. The highest BCUT2D eigenvalue weighted by Crippen LogP contribution is 2.26. The molecule has 0 bridgehead atoms. The second kappa shape index (κ2) is 4.99. The van der Waals surface area contributed by atoms with Crippen LogP contribution in [0.2, 0.25) is 0 Å². The number of rotatable bonds is 5. The molecule has 0 aromatic heterocycles. The van der Waals surface area contributed by atoms with Gasteiger partial charge in [0.05, 0.1) is 0 Å². The van der Waals surface area contributed by atoms with Crippen LogP contribution in [-0.4, -0.2) is 55.1 Å². The Hall–Kier alpha value is -1.84. The molecule has 0 aromatic carbocycles. The Morgan fingerprint density at radius 2 is 0.941 bits per heavy atom. The van der Waals surface area contributed by atoms with E-state index in [1.165, 1.54) is 0 Å². The third-order valence-corrected chi connectivity index (χ3v) is 2.16. The zero-order valence-corrected chi connectivity index (χ0v) is 9.13. The molecule has 0 aliphatic heterocycles. The second-order valence-corrected chi connectivity index (χ2v) is 3.14. The van der Waals surface area contributed by atoms with Gasteiger partial charge in [-0.15, -0.1) is 0 Å². The molecule has 17 heavy (non-hydrogen) atoms. The predicted octanol–water partition coefficient (Wildman–Crippen LogP) is -2.04. The maximum Gasteiger partial charge on any atom is 0.347 e. The summed E-state index contributed by atoms with van der Waals surface area (Å²) in [4.78, 5) is 43.3. The molecule has 0 aliphatic rings. The van der Waals surface area contributed by atoms with E-state index in [0.29, 0.717) is 13.8 Å². The topological polar surface area (TPSA) is 184 Å². The van der Waals surface area contributed by atoms with Crippen molar-refractivity contribution in [3.8, 4) is 0 Å². The zero-order valence-electron chi connectivity index (χ0n) is 9.13. The van der Waals surface area contributed by atoms with Crippen molar-refractivity contribution in [2.75, 3.05) is 0 Å². The summed E-state index contributed by atoms with van der Waals surface area (Å²) >= 11 is 0. The largest absolute Gasteiger partial charge is 0.479 e. The quantitative estimate of drug-likeness (QED) is 0.343. The molecule has 2 unspecified atom stereocenters. The van der Waals surface area contributed by atoms with Crippen LogP contribution in [0.15, 0.2) is 0 Å². The van der Waals surface area contributed by atoms with Crippen molar-refractivity contribution in [1.82, 2.24) is 6.15 Å². The number of carbonyl (C=O) groups is 4. The molecule has 0 fully saturated rings. The van der Waals surface area contributed by atoms with Crippen LogP contribution in [0.5, 0.6) is 0 Å². The standard InChI is InChI=1S/C8H10O8.H3N/c1-3(9)7(15,5(11)12)8(16,4(2)10)6(13)14;/h15-16H,1-2H3,(H,11,12)(H,13,14);1H3. The summed E-state index contributed by atoms with van der Waals surface area (Å²) in [7, 11) is 0. The first-order chi connectivity index (χ1) is 7.02. The number of hydrogen-bond donors (Lipinski definition) is 5. The average molecular weight is 251 g/mol. The predicted molar refractivity (Wildman–Crippen MR) is 51.6 cm³/mol. The normalized spacial score (nSPS) is 16.9. The fourth-order valence-electron chi connectivity index (χ4n) is 1.12. The summed E-state index contributed by atoms with van der Waals surface area (Å²) in [6, 6.07) is 0. The van der Waals surface area contributed by atoms with Crippen LogP contribution < -0.4 is 6.15 Å². The minimum atomic E-state index is -3.72. The van der Waals surface area contributed by atoms with E-state index in [-0.39, 0.29) is 6.15 Å². The monoisotopic (exact) mass is 251 g/mol. The van der Waals surface area contributed by atoms with E-state index in [4.69, 9.17) is 10.2 Å². The summed E-state index contributed by atoms with van der Waals surface area (Å²) in [5.74, 6) is -7.78. The van der Waals surface area contributed by atoms with Crippen molar-refractivity contribution in [3.05, 3.63) is 0 Å². The van der Waals surface area contributed by atoms with Gasteiger partial charge in [-0.1, -0.05) is 0 Å². The van der Waals surface area contributed by atoms with Crippen molar-refractivity contribution in [3.63, 3.8) is 0 Å². The maximum atomic E-state index is 11.0. The lowest BCUT2D eigenvalue weighted by molar-refractivity contribution is -0.206. The molecule has 2 atom stereocenters. The van der Waals surface area contributed by atoms with Gasteiger partial charge < -0.3 is 26.6 Å². The van der Waals surface area contributed by atoms with E-state index >= 15 is 0 Å². The molecule has 0 aromatic rings. The molecule has 0 rings (SSSR count). The number of aliphatic hydroxyl groups is 2. The highest BCUT2D eigenvalue weighted by Gasteiger charge is 2.67. The van der Waals surface area contributed by atoms with Gasteiger partial charge in [0.2, 0.25) is 0 Å². The average Bonchev–Trinajstić information content (AvgIpc) is 2.13. The van der Waals surface area contributed by atoms with Gasteiger partial charge in [0.25, 0.3) is 11.2 Å². The second-order valence-electron chi connectivity index (χ2n) is 3.14. The summed E-state index contributed by atoms with van der Waals surface area (Å²) in [5.41, 5.74) is -7.44. The number of aliphatic carboxylic acids is 2. The molecule has 0 saturated heterocycles. The molecule has 0 aliphatic carbocycles. The van der Waals surface area contributed by atoms with E-state index < -0.39 is 34.7 Å². The van der Waals surface area contributed by atoms with Gasteiger partial charge >= 0.3 is 11.9 Å². The highest BCUT2D eigenvalue weighted by molar-refractivity contribution is 6.20. The van der Waals surface area contributed by atoms with Gasteiger partial charge in [-0.05, 0) is 13.8 Å². The number of ketones is 2. The van der Waals surface area contributed by atoms with Crippen LogP contribution in [0.1, 0.15) is 13.8 Å². The Balaban J connectivity index is 0. The fourth-order valence-corrected chi connectivity index (χ4v) is 1.12. The number of carbonyl (C=O) groups excluding carboxylic acids is 2. The summed E-state index contributed by atoms with van der Waals surface area (Å²) < 4.78 is 0. The molecular formula is C8H13NO8. The van der Waals surface area contributed by atoms with Crippen molar-refractivity contribution in [2.24, 2.45) is 0 Å². The van der Waals surface area contributed by atoms with Gasteiger partial charge in [-0.25, -0.2) is 9.59 Å². The number of hydrogen-bond acceptors (Lipinski definition) is 7. The van der Waals surface area contributed by atoms with Crippen LogP contribution in [0.4, 0.5) is 0 Å². The Labute approximate surface area is 95.3 Å². The molecule has 0 amide bonds. The molecule has 9 nitrogen and oxygen atoms in total. The van der Waals surface area contributed by atoms with Gasteiger partial charge in [0.15, 0.2) is 11.6 Å². The fraction of sp³-hybridized carbons (Fsp3) is 0.500. The molecule has 0 saturated carbocycles. The lowest BCUT2D eigenvalue weighted by Crippen LogP contribution is -2.70. The van der Waals surface area contributed by atoms with Crippen molar-refractivity contribution in [1.29, 1.82) is 0 Å². The van der Waals surface area contributed by atoms with E-state index in [1.807, 2.05) is 0 Å². The molecular weight excluding hydrogens is 238 g/mol. The summed E-state index contributed by atoms with van der Waals surface area (Å²) in [6.07, 6.45) is 0. The molecule has 9 heteroatoms. The first kappa shape index (κ1) is 17.6. The lowest BCUT2D eigenvalue weighted by atomic mass is 9.77. The van der Waals surface area contributed by atoms with Crippen molar-refractivity contribution >= 4 is 23.5 Å². The van der Waals surface area contributed by atoms with Crippen molar-refractivity contribution in [2.45, 2.75) is 25.0 Å². The van der Waals surface area contributed by atoms with Crippen LogP contribution in [0, 0.1) is 0 Å². The smallest absolute Gasteiger partial charge is 0.347 e. The molecule has 98 valence electrons. The van der Waals surface area contributed by atoms with E-state index in [9.17, 15) is 29.4 Å². The van der Waals surface area contributed by atoms with Crippen LogP contribution in [0.25, 0.3) is 0 Å². The van der Waals surface area contributed by atoms with Crippen molar-refractivity contribution < 1.29 is 39.6 Å². The Morgan fingerprint density at radius 3 is 1.00 bits per heavy atom. The molecule has 0 spiro atoms. The van der Waals surface area contributed by atoms with E-state index in [0.717, 1.165) is 0 Å². The highest BCUT2D eigenvalue weighted by atomic mass is 16.5. The van der Waals surface area contributed by atoms with Crippen LogP contribution in [-0.2, 0) is 19.2 Å². The minimum Gasteiger partial charge on any atom is -0.479 e. The third-order valence-electron chi connectivity index (χ3n) is 2.16. The third kappa shape index (κ3) is 2.16. The Morgan fingerprint density at radius 1 is 0.765 bits per heavy atom. The van der Waals surface area contributed by atoms with Crippen LogP contribution in [0.3, 0.4) is 0 Å². The van der Waals surface area contributed by atoms with Gasteiger partial charge in [0, 0.05) is 0 Å². The maximum absolute atomic E-state index is 11.0. The van der Waals surface area contributed by atoms with Gasteiger partial charge in [-0.2, -0.15) is 0 Å². The van der Waals surface area contributed by atoms with Gasteiger partial charge in [0.1, 0.15) is 0 Å². The molecule has 0 heterocycles.